The van der Waals surface area contributed by atoms with Gasteiger partial charge in [0.1, 0.15) is 0 Å². The molecular weight excluding hydrogens is 263 g/mol. The molecule has 3 nitrogen and oxygen atoms in total. The van der Waals surface area contributed by atoms with Crippen LogP contribution in [0.1, 0.15) is 17.3 Å². The van der Waals surface area contributed by atoms with E-state index in [1.54, 1.807) is 6.92 Å². The van der Waals surface area contributed by atoms with E-state index in [1.165, 1.54) is 18.2 Å². The summed E-state index contributed by atoms with van der Waals surface area (Å²) in [4.78, 5) is 22.4. The lowest BCUT2D eigenvalue weighted by Crippen LogP contribution is -2.02. The third kappa shape index (κ3) is 4.10. The van der Waals surface area contributed by atoms with Crippen molar-refractivity contribution in [3.8, 4) is 11.8 Å². The Labute approximate surface area is 109 Å². The molecule has 0 saturated heterocycles. The summed E-state index contributed by atoms with van der Waals surface area (Å²) in [7, 11) is 0. The van der Waals surface area contributed by atoms with Crippen molar-refractivity contribution in [2.45, 2.75) is 6.92 Å². The van der Waals surface area contributed by atoms with E-state index in [9.17, 15) is 9.59 Å². The summed E-state index contributed by atoms with van der Waals surface area (Å²) in [6.45, 7) is 1.87. The Hall–Kier alpha value is -1.50. The van der Waals surface area contributed by atoms with Crippen molar-refractivity contribution in [3.63, 3.8) is 0 Å². The second kappa shape index (κ2) is 6.29. The van der Waals surface area contributed by atoms with Gasteiger partial charge in [-0.2, -0.15) is 0 Å². The van der Waals surface area contributed by atoms with E-state index in [-0.39, 0.29) is 17.2 Å². The van der Waals surface area contributed by atoms with E-state index in [1.807, 2.05) is 0 Å². The highest BCUT2D eigenvalue weighted by Crippen LogP contribution is 2.22. The van der Waals surface area contributed by atoms with Crippen LogP contribution < -0.4 is 0 Å². The molecule has 0 aromatic heterocycles. The Morgan fingerprint density at radius 1 is 1.24 bits per heavy atom. The molecular formula is C12H8Cl2O3. The lowest BCUT2D eigenvalue weighted by atomic mass is 10.1. The Balaban J connectivity index is 2.83. The van der Waals surface area contributed by atoms with Crippen LogP contribution in [-0.2, 0) is 9.53 Å². The van der Waals surface area contributed by atoms with Gasteiger partial charge in [0.05, 0.1) is 16.7 Å². The molecule has 0 heterocycles. The zero-order chi connectivity index (χ0) is 12.8. The molecule has 17 heavy (non-hydrogen) atoms. The molecule has 0 aliphatic heterocycles. The van der Waals surface area contributed by atoms with Crippen LogP contribution in [0.15, 0.2) is 18.2 Å². The van der Waals surface area contributed by atoms with Crippen LogP contribution in [0.5, 0.6) is 0 Å². The molecule has 1 rings (SSSR count). The van der Waals surface area contributed by atoms with Crippen LogP contribution in [0.3, 0.4) is 0 Å². The van der Waals surface area contributed by atoms with Crippen molar-refractivity contribution in [1.82, 2.24) is 0 Å². The normalized spacial score (nSPS) is 9.12. The molecule has 0 saturated carbocycles. The predicted molar refractivity (Wildman–Crippen MR) is 65.2 cm³/mol. The van der Waals surface area contributed by atoms with Crippen molar-refractivity contribution < 1.29 is 14.3 Å². The second-order valence-corrected chi connectivity index (χ2v) is 3.74. The maximum Gasteiger partial charge on any atom is 0.384 e. The van der Waals surface area contributed by atoms with Gasteiger partial charge in [-0.05, 0) is 31.0 Å². The summed E-state index contributed by atoms with van der Waals surface area (Å²) in [6, 6.07) is 4.37. The fourth-order valence-corrected chi connectivity index (χ4v) is 1.28. The summed E-state index contributed by atoms with van der Waals surface area (Å²) in [5, 5.41) is 0.608. The number of ketones is 1. The minimum absolute atomic E-state index is 0.217. The summed E-state index contributed by atoms with van der Waals surface area (Å²) in [6.07, 6.45) is 0. The molecule has 0 fully saturated rings. The van der Waals surface area contributed by atoms with Crippen molar-refractivity contribution >= 4 is 35.0 Å². The van der Waals surface area contributed by atoms with Crippen molar-refractivity contribution in [2.75, 3.05) is 6.61 Å². The number of rotatable bonds is 2. The third-order valence-electron chi connectivity index (χ3n) is 1.74. The number of benzene rings is 1. The van der Waals surface area contributed by atoms with E-state index in [0.717, 1.165) is 0 Å². The highest BCUT2D eigenvalue weighted by Gasteiger charge is 2.06. The van der Waals surface area contributed by atoms with E-state index < -0.39 is 11.8 Å². The lowest BCUT2D eigenvalue weighted by molar-refractivity contribution is -0.136. The monoisotopic (exact) mass is 270 g/mol. The molecule has 0 aliphatic carbocycles. The molecule has 0 radical (unpaired) electrons. The van der Waals surface area contributed by atoms with Gasteiger partial charge in [0, 0.05) is 11.5 Å². The zero-order valence-electron chi connectivity index (χ0n) is 8.92. The van der Waals surface area contributed by atoms with Gasteiger partial charge in [-0.15, -0.1) is 0 Å². The van der Waals surface area contributed by atoms with Gasteiger partial charge in [0.2, 0.25) is 5.78 Å². The first-order valence-corrected chi connectivity index (χ1v) is 5.48. The average Bonchev–Trinajstić information content (AvgIpc) is 2.30. The second-order valence-electron chi connectivity index (χ2n) is 2.93. The molecule has 0 amide bonds. The number of halogens is 2. The smallest absolute Gasteiger partial charge is 0.384 e. The van der Waals surface area contributed by atoms with E-state index in [4.69, 9.17) is 23.2 Å². The molecule has 0 atom stereocenters. The molecule has 5 heteroatoms. The summed E-state index contributed by atoms with van der Waals surface area (Å²) < 4.78 is 4.56. The van der Waals surface area contributed by atoms with Gasteiger partial charge in [-0.3, -0.25) is 4.79 Å². The SMILES string of the molecule is CCOC(=O)C#CC(=O)c1ccc(Cl)c(Cl)c1. The fraction of sp³-hybridized carbons (Fsp3) is 0.167. The first kappa shape index (κ1) is 13.6. The lowest BCUT2D eigenvalue weighted by Gasteiger charge is -1.97. The molecule has 0 unspecified atom stereocenters. The number of esters is 1. The predicted octanol–water partition coefficient (Wildman–Crippen LogP) is 2.74. The molecule has 1 aromatic carbocycles. The Kier molecular flexibility index (Phi) is 5.02. The minimum Gasteiger partial charge on any atom is -0.456 e. The van der Waals surface area contributed by atoms with Gasteiger partial charge in [-0.1, -0.05) is 23.2 Å². The standard InChI is InChI=1S/C12H8Cl2O3/c1-2-17-12(16)6-5-11(15)8-3-4-9(13)10(14)7-8/h3-4,7H,2H2,1H3. The Bertz CT molecular complexity index is 512. The van der Waals surface area contributed by atoms with Crippen LogP contribution in [-0.4, -0.2) is 18.4 Å². The first-order valence-electron chi connectivity index (χ1n) is 4.72. The maximum absolute atomic E-state index is 11.5. The van der Waals surface area contributed by atoms with Gasteiger partial charge < -0.3 is 4.74 Å². The van der Waals surface area contributed by atoms with Crippen molar-refractivity contribution in [3.05, 3.63) is 33.8 Å². The highest BCUT2D eigenvalue weighted by atomic mass is 35.5. The molecule has 0 N–H and O–H groups in total. The van der Waals surface area contributed by atoms with Crippen molar-refractivity contribution in [1.29, 1.82) is 0 Å². The largest absolute Gasteiger partial charge is 0.456 e. The highest BCUT2D eigenvalue weighted by molar-refractivity contribution is 6.42. The molecule has 0 bridgehead atoms. The summed E-state index contributed by atoms with van der Waals surface area (Å²) in [5.74, 6) is 2.99. The van der Waals surface area contributed by atoms with Crippen LogP contribution in [0.4, 0.5) is 0 Å². The van der Waals surface area contributed by atoms with Gasteiger partial charge >= 0.3 is 5.97 Å². The summed E-state index contributed by atoms with van der Waals surface area (Å²) in [5.41, 5.74) is 0.274. The molecule has 88 valence electrons. The average molecular weight is 271 g/mol. The third-order valence-corrected chi connectivity index (χ3v) is 2.47. The molecule has 1 aromatic rings. The Morgan fingerprint density at radius 3 is 2.53 bits per heavy atom. The maximum atomic E-state index is 11.5. The van der Waals surface area contributed by atoms with Crippen molar-refractivity contribution in [2.24, 2.45) is 0 Å². The first-order chi connectivity index (χ1) is 8.04. The topological polar surface area (TPSA) is 43.4 Å². The number of hydrogen-bond donors (Lipinski definition) is 0. The zero-order valence-corrected chi connectivity index (χ0v) is 10.4. The van der Waals surface area contributed by atoms with Crippen LogP contribution in [0.2, 0.25) is 10.0 Å². The number of ether oxygens (including phenoxy) is 1. The van der Waals surface area contributed by atoms with E-state index in [2.05, 4.69) is 16.6 Å². The van der Waals surface area contributed by atoms with E-state index in [0.29, 0.717) is 5.02 Å². The minimum atomic E-state index is -0.735. The Morgan fingerprint density at radius 2 is 1.94 bits per heavy atom. The van der Waals surface area contributed by atoms with Crippen LogP contribution >= 0.6 is 23.2 Å². The van der Waals surface area contributed by atoms with Gasteiger partial charge in [0.25, 0.3) is 0 Å². The van der Waals surface area contributed by atoms with Gasteiger partial charge in [0.15, 0.2) is 0 Å². The van der Waals surface area contributed by atoms with Crippen LogP contribution in [0, 0.1) is 11.8 Å². The number of hydrogen-bond acceptors (Lipinski definition) is 3. The summed E-state index contributed by atoms with van der Waals surface area (Å²) >= 11 is 11.4. The number of Topliss-reactive ketones (excluding diaryl/α,β-unsaturated/α-hetero) is 1. The van der Waals surface area contributed by atoms with E-state index >= 15 is 0 Å². The number of carbonyl (C=O) groups excluding carboxylic acids is 2. The number of carbonyl (C=O) groups is 2. The van der Waals surface area contributed by atoms with Gasteiger partial charge in [-0.25, -0.2) is 4.79 Å². The molecule has 0 spiro atoms. The van der Waals surface area contributed by atoms with Crippen LogP contribution in [0.25, 0.3) is 0 Å². The quantitative estimate of drug-likeness (QED) is 0.273. The fourth-order valence-electron chi connectivity index (χ4n) is 0.985. The molecule has 0 aliphatic rings.